The van der Waals surface area contributed by atoms with E-state index in [9.17, 15) is 32.3 Å². The number of carbonyl (C=O) groups is 4. The highest BCUT2D eigenvalue weighted by Gasteiger charge is 2.47. The van der Waals surface area contributed by atoms with Crippen LogP contribution in [0.15, 0.2) is 122 Å². The maximum Gasteiger partial charge on any atom is 0.416 e. The molecule has 2 amide bonds. The van der Waals surface area contributed by atoms with Crippen LogP contribution < -0.4 is 29.9 Å². The number of benzene rings is 4. The second-order valence-electron chi connectivity index (χ2n) is 18.7. The van der Waals surface area contributed by atoms with Gasteiger partial charge in [0.05, 0.1) is 62.0 Å². The van der Waals surface area contributed by atoms with Gasteiger partial charge in [-0.25, -0.2) is 19.6 Å². The van der Waals surface area contributed by atoms with Gasteiger partial charge < -0.3 is 40.1 Å². The van der Waals surface area contributed by atoms with Crippen molar-refractivity contribution < 1.29 is 52.0 Å². The van der Waals surface area contributed by atoms with Crippen molar-refractivity contribution in [2.75, 3.05) is 36.0 Å². The van der Waals surface area contributed by atoms with Crippen molar-refractivity contribution in [3.63, 3.8) is 0 Å². The molecule has 6 aromatic rings. The number of alkyl halides is 3. The molecule has 4 aromatic carbocycles. The van der Waals surface area contributed by atoms with Crippen molar-refractivity contribution in [1.29, 1.82) is 0 Å². The number of aromatic nitrogens is 2. The second kappa shape index (κ2) is 20.6. The molecule has 2 saturated heterocycles. The summed E-state index contributed by atoms with van der Waals surface area (Å²) in [7, 11) is 0. The third-order valence-electron chi connectivity index (χ3n) is 13.4. The first-order valence-electron chi connectivity index (χ1n) is 23.6. The summed E-state index contributed by atoms with van der Waals surface area (Å²) in [4.78, 5) is 62.0. The molecule has 14 nitrogen and oxygen atoms in total. The minimum atomic E-state index is -4.42. The van der Waals surface area contributed by atoms with Crippen LogP contribution in [0.5, 0.6) is 11.5 Å². The molecule has 0 spiro atoms. The Morgan fingerprint density at radius 1 is 0.630 bits per heavy atom. The highest BCUT2D eigenvalue weighted by Crippen LogP contribution is 2.47. The Morgan fingerprint density at radius 3 is 1.47 bits per heavy atom. The van der Waals surface area contributed by atoms with Crippen LogP contribution in [0.1, 0.15) is 102 Å². The maximum absolute atomic E-state index is 13.4. The number of halogens is 5. The Balaban J connectivity index is 0.000000180. The Labute approximate surface area is 428 Å². The lowest BCUT2D eigenvalue weighted by molar-refractivity contribution is -0.137. The van der Waals surface area contributed by atoms with Gasteiger partial charge in [-0.05, 0) is 122 Å². The number of pyridine rings is 2. The van der Waals surface area contributed by atoms with Crippen LogP contribution in [0.25, 0.3) is 0 Å². The summed E-state index contributed by atoms with van der Waals surface area (Å²) in [6, 6.07) is 28.8. The van der Waals surface area contributed by atoms with Gasteiger partial charge in [-0.2, -0.15) is 13.2 Å². The van der Waals surface area contributed by atoms with Crippen LogP contribution in [0.4, 0.5) is 24.8 Å². The van der Waals surface area contributed by atoms with Crippen LogP contribution in [0.2, 0.25) is 10.0 Å². The summed E-state index contributed by atoms with van der Waals surface area (Å²) in [6.07, 6.45) is 2.68. The van der Waals surface area contributed by atoms with Gasteiger partial charge in [-0.3, -0.25) is 9.59 Å². The lowest BCUT2D eigenvalue weighted by atomic mass is 10.0. The molecule has 0 bridgehead atoms. The Bertz CT molecular complexity index is 3040. The number of hydrogen-bond donors (Lipinski definition) is 4. The number of aromatic carboxylic acids is 2. The molecule has 2 atom stereocenters. The van der Waals surface area contributed by atoms with Crippen molar-refractivity contribution in [2.24, 2.45) is 0 Å². The van der Waals surface area contributed by atoms with E-state index in [4.69, 9.17) is 42.9 Å². The molecule has 2 aliphatic carbocycles. The molecule has 73 heavy (non-hydrogen) atoms. The van der Waals surface area contributed by atoms with Crippen molar-refractivity contribution in [1.82, 2.24) is 20.6 Å². The van der Waals surface area contributed by atoms with E-state index in [0.29, 0.717) is 84.0 Å². The van der Waals surface area contributed by atoms with Crippen LogP contribution in [-0.4, -0.2) is 82.3 Å². The van der Waals surface area contributed by atoms with Crippen molar-refractivity contribution >= 4 is 58.6 Å². The van der Waals surface area contributed by atoms with Crippen LogP contribution in [-0.2, 0) is 17.3 Å². The largest absolute Gasteiger partial charge is 0.489 e. The third-order valence-corrected chi connectivity index (χ3v) is 13.8. The second-order valence-corrected chi connectivity index (χ2v) is 19.5. The zero-order valence-corrected chi connectivity index (χ0v) is 40.8. The van der Waals surface area contributed by atoms with Crippen molar-refractivity contribution in [3.8, 4) is 11.5 Å². The molecule has 0 radical (unpaired) electrons. The SMILES string of the molecule is Cc1cccc(OC2CCN(c3ncc(Cl)cc3C(=O)NC3(c4ccc(C(=O)O)cc4)CC3)C2)c1.O=C(O)c1ccc(C2(NC(=O)c3cc(Cl)cnc3N3CCC(Oc4ccc(C(F)(F)F)cc4)C3)CC2)cc1. The van der Waals surface area contributed by atoms with E-state index >= 15 is 0 Å². The lowest BCUT2D eigenvalue weighted by Crippen LogP contribution is -2.36. The molecule has 2 aliphatic heterocycles. The molecule has 4 fully saturated rings. The first-order chi connectivity index (χ1) is 34.9. The number of ether oxygens (including phenoxy) is 2. The molecule has 4 aliphatic rings. The fraction of sp³-hybridized carbons (Fsp3) is 0.296. The number of hydrogen-bond acceptors (Lipinski definition) is 10. The maximum atomic E-state index is 13.4. The topological polar surface area (TPSA) is 184 Å². The highest BCUT2D eigenvalue weighted by molar-refractivity contribution is 6.31. The predicted molar refractivity (Wildman–Crippen MR) is 267 cm³/mol. The number of aryl methyl sites for hydroxylation is 1. The summed E-state index contributed by atoms with van der Waals surface area (Å²) in [5.74, 6) is -0.428. The molecule has 4 N–H and O–H groups in total. The smallest absolute Gasteiger partial charge is 0.416 e. The molecule has 2 saturated carbocycles. The fourth-order valence-electron chi connectivity index (χ4n) is 9.19. The average molecular weight is 1040 g/mol. The fourth-order valence-corrected chi connectivity index (χ4v) is 9.50. The number of anilines is 2. The van der Waals surface area contributed by atoms with Crippen molar-refractivity contribution in [2.45, 2.75) is 74.9 Å². The van der Waals surface area contributed by atoms with E-state index in [0.717, 1.165) is 53.8 Å². The van der Waals surface area contributed by atoms with Gasteiger partial charge in [-0.1, -0.05) is 59.6 Å². The minimum absolute atomic E-state index is 0.00675. The lowest BCUT2D eigenvalue weighted by Gasteiger charge is -2.23. The average Bonchev–Trinajstić information content (AvgIpc) is 4.23. The highest BCUT2D eigenvalue weighted by atomic mass is 35.5. The quantitative estimate of drug-likeness (QED) is 0.0811. The van der Waals surface area contributed by atoms with Gasteiger partial charge >= 0.3 is 18.1 Å². The van der Waals surface area contributed by atoms with Crippen LogP contribution in [0, 0.1) is 6.92 Å². The van der Waals surface area contributed by atoms with Gasteiger partial charge in [0.2, 0.25) is 0 Å². The van der Waals surface area contributed by atoms with Gasteiger partial charge in [0, 0.05) is 38.3 Å². The summed E-state index contributed by atoms with van der Waals surface area (Å²) in [5.41, 5.74) is 2.10. The molecular formula is C54H49Cl2F3N6O8. The number of carboxylic acid groups (broad SMARTS) is 2. The number of nitrogens with zero attached hydrogens (tertiary/aromatic N) is 4. The zero-order valence-electron chi connectivity index (χ0n) is 39.3. The molecule has 4 heterocycles. The van der Waals surface area contributed by atoms with Gasteiger partial charge in [-0.15, -0.1) is 0 Å². The van der Waals surface area contributed by atoms with E-state index in [1.54, 1.807) is 54.7 Å². The van der Waals surface area contributed by atoms with E-state index in [1.165, 1.54) is 30.5 Å². The molecule has 2 aromatic heterocycles. The summed E-state index contributed by atoms with van der Waals surface area (Å²) < 4.78 is 50.5. The van der Waals surface area contributed by atoms with E-state index < -0.39 is 34.8 Å². The van der Waals surface area contributed by atoms with E-state index in [-0.39, 0.29) is 35.1 Å². The molecule has 10 rings (SSSR count). The minimum Gasteiger partial charge on any atom is -0.489 e. The van der Waals surface area contributed by atoms with Crippen LogP contribution in [0.3, 0.4) is 0 Å². The number of carbonyl (C=O) groups excluding carboxylic acids is 2. The Morgan fingerprint density at radius 2 is 1.07 bits per heavy atom. The molecule has 378 valence electrons. The third kappa shape index (κ3) is 11.8. The normalized spacial score (nSPS) is 18.2. The van der Waals surface area contributed by atoms with E-state index in [1.807, 2.05) is 36.1 Å². The van der Waals surface area contributed by atoms with E-state index in [2.05, 4.69) is 25.5 Å². The standard InChI is InChI=1S/C27H23ClF3N3O4.C27H26ClN3O4/c28-19-13-22(24(35)33-26(10-11-26)17-3-1-16(2-4-17)25(36)37)23(32-14-19)34-12-9-21(15-34)38-20-7-5-18(6-8-20)27(29,30)31;1-17-3-2-4-21(13-17)35-22-9-12-31(16-22)24-23(14-20(28)15-29-24)25(32)30-27(10-11-27)19-7-5-18(6-8-19)26(33)34/h1-8,13-14,21H,9-12,15H2,(H,33,35)(H,36,37);2-8,13-15,22H,9-12,16H2,1H3,(H,30,32)(H,33,34). The Kier molecular flexibility index (Phi) is 14.3. The monoisotopic (exact) mass is 1040 g/mol. The molecule has 19 heteroatoms. The van der Waals surface area contributed by atoms with Crippen molar-refractivity contribution in [3.05, 3.63) is 176 Å². The zero-order chi connectivity index (χ0) is 51.7. The van der Waals surface area contributed by atoms with Gasteiger partial charge in [0.25, 0.3) is 11.8 Å². The van der Waals surface area contributed by atoms with Gasteiger partial charge in [0.15, 0.2) is 0 Å². The molecular weight excluding hydrogens is 989 g/mol. The van der Waals surface area contributed by atoms with Crippen LogP contribution >= 0.6 is 23.2 Å². The summed E-state index contributed by atoms with van der Waals surface area (Å²) in [5, 5.41) is 25.2. The number of carboxylic acids is 2. The number of rotatable bonds is 14. The summed E-state index contributed by atoms with van der Waals surface area (Å²) in [6.45, 7) is 4.28. The predicted octanol–water partition coefficient (Wildman–Crippen LogP) is 10.3. The summed E-state index contributed by atoms with van der Waals surface area (Å²) >= 11 is 12.4. The first-order valence-corrected chi connectivity index (χ1v) is 24.3. The molecule has 2 unspecified atom stereocenters. The Hall–Kier alpha value is -7.37. The number of amides is 2. The number of nitrogens with one attached hydrogen (secondary N) is 2. The van der Waals surface area contributed by atoms with Gasteiger partial charge in [0.1, 0.15) is 35.3 Å². The first kappa shape index (κ1) is 50.6.